The van der Waals surface area contributed by atoms with E-state index < -0.39 is 12.1 Å². The van der Waals surface area contributed by atoms with Crippen LogP contribution in [0.4, 0.5) is 10.1 Å². The van der Waals surface area contributed by atoms with E-state index >= 15 is 0 Å². The summed E-state index contributed by atoms with van der Waals surface area (Å²) in [7, 11) is 0. The predicted molar refractivity (Wildman–Crippen MR) is 101 cm³/mol. The number of aromatic nitrogens is 2. The van der Waals surface area contributed by atoms with E-state index in [4.69, 9.17) is 0 Å². The number of alkyl halides is 1. The third kappa shape index (κ3) is 3.24. The number of rotatable bonds is 4. The molecule has 1 atom stereocenters. The predicted octanol–water partition coefficient (Wildman–Crippen LogP) is 4.82. The summed E-state index contributed by atoms with van der Waals surface area (Å²) in [6.45, 7) is 0. The molecule has 128 valence electrons. The molecule has 0 spiro atoms. The molecule has 0 saturated heterocycles. The summed E-state index contributed by atoms with van der Waals surface area (Å²) in [6, 6.07) is 18.5. The normalized spacial score (nSPS) is 12.2. The fourth-order valence-corrected chi connectivity index (χ4v) is 2.98. The average molecular weight is 345 g/mol. The monoisotopic (exact) mass is 345 g/mol. The lowest BCUT2D eigenvalue weighted by Gasteiger charge is -2.11. The molecule has 1 unspecified atom stereocenters. The number of fused-ring (bicyclic) bond motifs is 2. The second kappa shape index (κ2) is 6.88. The molecule has 26 heavy (non-hydrogen) atoms. The molecule has 1 heterocycles. The number of halogens is 1. The molecule has 0 aliphatic carbocycles. The summed E-state index contributed by atoms with van der Waals surface area (Å²) in [5.41, 5.74) is 2.30. The molecule has 0 aliphatic heterocycles. The largest absolute Gasteiger partial charge is 0.324 e. The van der Waals surface area contributed by atoms with E-state index in [0.717, 1.165) is 10.8 Å². The SMILES string of the molecule is O=C(CC(F)c1ccc2ccccc2c1)Nc1cccc2nccnc12. The van der Waals surface area contributed by atoms with Crippen molar-refractivity contribution < 1.29 is 9.18 Å². The molecule has 0 saturated carbocycles. The first-order valence-electron chi connectivity index (χ1n) is 8.33. The van der Waals surface area contributed by atoms with Gasteiger partial charge >= 0.3 is 0 Å². The van der Waals surface area contributed by atoms with Crippen LogP contribution in [0, 0.1) is 0 Å². The van der Waals surface area contributed by atoms with Gasteiger partial charge in [-0.3, -0.25) is 14.8 Å². The van der Waals surface area contributed by atoms with Crippen molar-refractivity contribution in [2.45, 2.75) is 12.6 Å². The number of amides is 1. The second-order valence-electron chi connectivity index (χ2n) is 6.06. The van der Waals surface area contributed by atoms with E-state index in [1.165, 1.54) is 0 Å². The summed E-state index contributed by atoms with van der Waals surface area (Å²) in [4.78, 5) is 20.7. The Labute approximate surface area is 149 Å². The lowest BCUT2D eigenvalue weighted by molar-refractivity contribution is -0.117. The molecule has 4 rings (SSSR count). The van der Waals surface area contributed by atoms with Crippen LogP contribution in [0.3, 0.4) is 0 Å². The van der Waals surface area contributed by atoms with Gasteiger partial charge in [-0.2, -0.15) is 0 Å². The molecule has 4 aromatic rings. The standard InChI is InChI=1S/C21H16FN3O/c22-17(16-9-8-14-4-1-2-5-15(14)12-16)13-20(26)25-19-7-3-6-18-21(19)24-11-10-23-18/h1-12,17H,13H2,(H,25,26). The lowest BCUT2D eigenvalue weighted by Crippen LogP contribution is -2.14. The average Bonchev–Trinajstić information content (AvgIpc) is 2.68. The highest BCUT2D eigenvalue weighted by Gasteiger charge is 2.16. The van der Waals surface area contributed by atoms with Gasteiger partial charge in [0.1, 0.15) is 11.7 Å². The number of nitrogens with zero attached hydrogens (tertiary/aromatic N) is 2. The van der Waals surface area contributed by atoms with Crippen LogP contribution in [0.1, 0.15) is 18.2 Å². The fraction of sp³-hybridized carbons (Fsp3) is 0.0952. The van der Waals surface area contributed by atoms with Gasteiger partial charge in [-0.15, -0.1) is 0 Å². The Hall–Kier alpha value is -3.34. The van der Waals surface area contributed by atoms with Crippen LogP contribution in [0.25, 0.3) is 21.8 Å². The number of anilines is 1. The van der Waals surface area contributed by atoms with Crippen molar-refractivity contribution in [3.8, 4) is 0 Å². The van der Waals surface area contributed by atoms with Crippen molar-refractivity contribution >= 4 is 33.4 Å². The van der Waals surface area contributed by atoms with Crippen LogP contribution in [-0.2, 0) is 4.79 Å². The Balaban J connectivity index is 1.51. The number of hydrogen-bond donors (Lipinski definition) is 1. The smallest absolute Gasteiger partial charge is 0.227 e. The summed E-state index contributed by atoms with van der Waals surface area (Å²) in [5, 5.41) is 4.74. The Bertz CT molecular complexity index is 1090. The van der Waals surface area contributed by atoms with Gasteiger partial charge in [-0.05, 0) is 34.5 Å². The van der Waals surface area contributed by atoms with Crippen LogP contribution in [0.5, 0.6) is 0 Å². The van der Waals surface area contributed by atoms with Gasteiger partial charge in [0.05, 0.1) is 17.6 Å². The van der Waals surface area contributed by atoms with Gasteiger partial charge in [0.15, 0.2) is 0 Å². The number of hydrogen-bond acceptors (Lipinski definition) is 3. The summed E-state index contributed by atoms with van der Waals surface area (Å²) >= 11 is 0. The molecule has 1 amide bonds. The molecule has 0 radical (unpaired) electrons. The number of nitrogens with one attached hydrogen (secondary N) is 1. The number of benzene rings is 3. The van der Waals surface area contributed by atoms with E-state index in [9.17, 15) is 9.18 Å². The first-order chi connectivity index (χ1) is 12.7. The van der Waals surface area contributed by atoms with Gasteiger partial charge in [0.25, 0.3) is 0 Å². The Kier molecular flexibility index (Phi) is 4.27. The zero-order chi connectivity index (χ0) is 17.9. The van der Waals surface area contributed by atoms with Gasteiger partial charge in [0.2, 0.25) is 5.91 Å². The number of carbonyl (C=O) groups is 1. The van der Waals surface area contributed by atoms with Gasteiger partial charge in [-0.25, -0.2) is 4.39 Å². The van der Waals surface area contributed by atoms with Crippen LogP contribution in [-0.4, -0.2) is 15.9 Å². The topological polar surface area (TPSA) is 54.9 Å². The van der Waals surface area contributed by atoms with E-state index in [-0.39, 0.29) is 6.42 Å². The molecule has 4 nitrogen and oxygen atoms in total. The van der Waals surface area contributed by atoms with Crippen molar-refractivity contribution in [2.75, 3.05) is 5.32 Å². The molecular formula is C21H16FN3O. The zero-order valence-electron chi connectivity index (χ0n) is 13.9. The Morgan fingerprint density at radius 2 is 1.77 bits per heavy atom. The lowest BCUT2D eigenvalue weighted by atomic mass is 10.0. The van der Waals surface area contributed by atoms with Crippen molar-refractivity contribution in [1.82, 2.24) is 9.97 Å². The molecule has 1 aromatic heterocycles. The first-order valence-corrected chi connectivity index (χ1v) is 8.33. The first kappa shape index (κ1) is 16.1. The van der Waals surface area contributed by atoms with Crippen molar-refractivity contribution in [3.63, 3.8) is 0 Å². The maximum absolute atomic E-state index is 14.6. The van der Waals surface area contributed by atoms with Crippen LogP contribution < -0.4 is 5.32 Å². The van der Waals surface area contributed by atoms with Crippen LogP contribution in [0.15, 0.2) is 73.1 Å². The highest BCUT2D eigenvalue weighted by molar-refractivity contribution is 5.99. The van der Waals surface area contributed by atoms with E-state index in [1.807, 2.05) is 36.4 Å². The summed E-state index contributed by atoms with van der Waals surface area (Å²) < 4.78 is 14.6. The molecule has 5 heteroatoms. The van der Waals surface area contributed by atoms with Crippen LogP contribution in [0.2, 0.25) is 0 Å². The third-order valence-electron chi connectivity index (χ3n) is 4.27. The Morgan fingerprint density at radius 1 is 0.962 bits per heavy atom. The third-order valence-corrected chi connectivity index (χ3v) is 4.27. The minimum absolute atomic E-state index is 0.255. The molecule has 3 aromatic carbocycles. The van der Waals surface area contributed by atoms with Crippen LogP contribution >= 0.6 is 0 Å². The summed E-state index contributed by atoms with van der Waals surface area (Å²) in [6.07, 6.45) is 1.52. The molecule has 0 bridgehead atoms. The molecular weight excluding hydrogens is 329 g/mol. The van der Waals surface area contributed by atoms with Gasteiger partial charge < -0.3 is 5.32 Å². The van der Waals surface area contributed by atoms with Crippen molar-refractivity contribution in [3.05, 3.63) is 78.6 Å². The van der Waals surface area contributed by atoms with E-state index in [0.29, 0.717) is 22.3 Å². The summed E-state index contributed by atoms with van der Waals surface area (Å²) in [5.74, 6) is -0.399. The van der Waals surface area contributed by atoms with Crippen molar-refractivity contribution in [2.24, 2.45) is 0 Å². The van der Waals surface area contributed by atoms with Gasteiger partial charge in [0, 0.05) is 12.4 Å². The Morgan fingerprint density at radius 3 is 2.65 bits per heavy atom. The maximum Gasteiger partial charge on any atom is 0.227 e. The highest BCUT2D eigenvalue weighted by Crippen LogP contribution is 2.26. The van der Waals surface area contributed by atoms with E-state index in [2.05, 4.69) is 15.3 Å². The number of carbonyl (C=O) groups excluding carboxylic acids is 1. The number of para-hydroxylation sites is 1. The van der Waals surface area contributed by atoms with E-state index in [1.54, 1.807) is 36.7 Å². The fourth-order valence-electron chi connectivity index (χ4n) is 2.98. The minimum atomic E-state index is -1.37. The zero-order valence-corrected chi connectivity index (χ0v) is 13.9. The minimum Gasteiger partial charge on any atom is -0.324 e. The quantitative estimate of drug-likeness (QED) is 0.577. The molecule has 0 aliphatic rings. The molecule has 1 N–H and O–H groups in total. The molecule has 0 fully saturated rings. The van der Waals surface area contributed by atoms with Crippen molar-refractivity contribution in [1.29, 1.82) is 0 Å². The maximum atomic E-state index is 14.6. The second-order valence-corrected chi connectivity index (χ2v) is 6.06. The highest BCUT2D eigenvalue weighted by atomic mass is 19.1. The van der Waals surface area contributed by atoms with Gasteiger partial charge in [-0.1, -0.05) is 42.5 Å².